The fourth-order valence-corrected chi connectivity index (χ4v) is 1.69. The summed E-state index contributed by atoms with van der Waals surface area (Å²) in [5.41, 5.74) is 1.36. The second-order valence-electron chi connectivity index (χ2n) is 3.35. The Hall–Kier alpha value is -2.23. The van der Waals surface area contributed by atoms with E-state index in [0.717, 1.165) is 0 Å². The van der Waals surface area contributed by atoms with E-state index >= 15 is 0 Å². The molecule has 0 aromatic heterocycles. The van der Waals surface area contributed by atoms with Crippen LogP contribution < -0.4 is 0 Å². The molecular formula is C12H9NO3. The summed E-state index contributed by atoms with van der Waals surface area (Å²) in [5, 5.41) is 8.90. The molecule has 1 N–H and O–H groups in total. The number of nitrogens with zero attached hydrogens (tertiary/aromatic N) is 1. The Morgan fingerprint density at radius 3 is 2.62 bits per heavy atom. The van der Waals surface area contributed by atoms with Gasteiger partial charge in [-0.2, -0.15) is 0 Å². The van der Waals surface area contributed by atoms with Gasteiger partial charge in [0.05, 0.1) is 0 Å². The number of carboxylic acid groups (broad SMARTS) is 1. The predicted octanol–water partition coefficient (Wildman–Crippen LogP) is 1.16. The van der Waals surface area contributed by atoms with Gasteiger partial charge in [-0.1, -0.05) is 24.3 Å². The SMILES string of the molecule is C/N=C1\C(=O)C(C(=O)O)=Cc2ccccc21. The molecule has 0 saturated carbocycles. The van der Waals surface area contributed by atoms with Gasteiger partial charge in [-0.05, 0) is 11.6 Å². The molecule has 0 radical (unpaired) electrons. The van der Waals surface area contributed by atoms with Gasteiger partial charge in [-0.3, -0.25) is 9.79 Å². The fraction of sp³-hybridized carbons (Fsp3) is 0.0833. The van der Waals surface area contributed by atoms with Crippen LogP contribution in [0.5, 0.6) is 0 Å². The Kier molecular flexibility index (Phi) is 2.40. The molecule has 0 atom stereocenters. The number of ketones is 1. The highest BCUT2D eigenvalue weighted by Gasteiger charge is 2.28. The van der Waals surface area contributed by atoms with Crippen LogP contribution in [-0.2, 0) is 9.59 Å². The first-order valence-electron chi connectivity index (χ1n) is 4.71. The molecule has 1 aromatic rings. The maximum absolute atomic E-state index is 11.8. The summed E-state index contributed by atoms with van der Waals surface area (Å²) < 4.78 is 0. The number of hydrogen-bond donors (Lipinski definition) is 1. The number of aliphatic carboxylic acids is 1. The van der Waals surface area contributed by atoms with E-state index in [0.29, 0.717) is 11.1 Å². The molecule has 0 spiro atoms. The quantitative estimate of drug-likeness (QED) is 0.715. The van der Waals surface area contributed by atoms with Gasteiger partial charge in [-0.25, -0.2) is 4.79 Å². The molecular weight excluding hydrogens is 206 g/mol. The molecule has 4 heteroatoms. The minimum absolute atomic E-state index is 0.204. The number of hydrogen-bond acceptors (Lipinski definition) is 3. The summed E-state index contributed by atoms with van der Waals surface area (Å²) >= 11 is 0. The lowest BCUT2D eigenvalue weighted by Gasteiger charge is -2.14. The number of benzene rings is 1. The Labute approximate surface area is 91.9 Å². The van der Waals surface area contributed by atoms with Crippen LogP contribution in [-0.4, -0.2) is 29.6 Å². The van der Waals surface area contributed by atoms with Crippen LogP contribution >= 0.6 is 0 Å². The van der Waals surface area contributed by atoms with Crippen molar-refractivity contribution in [2.45, 2.75) is 0 Å². The van der Waals surface area contributed by atoms with Crippen molar-refractivity contribution >= 4 is 23.5 Å². The van der Waals surface area contributed by atoms with E-state index in [1.54, 1.807) is 24.3 Å². The molecule has 0 fully saturated rings. The Balaban J connectivity index is 2.71. The van der Waals surface area contributed by atoms with E-state index in [-0.39, 0.29) is 11.3 Å². The molecule has 1 aliphatic carbocycles. The minimum atomic E-state index is -1.22. The molecule has 1 aromatic carbocycles. The van der Waals surface area contributed by atoms with Crippen molar-refractivity contribution in [3.63, 3.8) is 0 Å². The zero-order valence-corrected chi connectivity index (χ0v) is 8.60. The number of rotatable bonds is 1. The zero-order valence-electron chi connectivity index (χ0n) is 8.60. The number of carbonyl (C=O) groups is 2. The monoisotopic (exact) mass is 215 g/mol. The standard InChI is InChI=1S/C12H9NO3/c1-13-10-8-5-3-2-4-7(8)6-9(11(10)14)12(15)16/h2-6H,1H3,(H,15,16)/b13-10-. The Bertz CT molecular complexity index is 541. The minimum Gasteiger partial charge on any atom is -0.478 e. The van der Waals surface area contributed by atoms with Crippen molar-refractivity contribution < 1.29 is 14.7 Å². The Morgan fingerprint density at radius 2 is 2.00 bits per heavy atom. The Morgan fingerprint density at radius 1 is 1.31 bits per heavy atom. The summed E-state index contributed by atoms with van der Waals surface area (Å²) in [6, 6.07) is 7.09. The molecule has 0 saturated heterocycles. The number of Topliss-reactive ketones (excluding diaryl/α,β-unsaturated/α-hetero) is 1. The van der Waals surface area contributed by atoms with Crippen molar-refractivity contribution in [3.05, 3.63) is 41.0 Å². The summed E-state index contributed by atoms with van der Waals surface area (Å²) in [5.74, 6) is -1.76. The van der Waals surface area contributed by atoms with Crippen LogP contribution in [0.2, 0.25) is 0 Å². The molecule has 4 nitrogen and oxygen atoms in total. The van der Waals surface area contributed by atoms with Crippen molar-refractivity contribution in [2.24, 2.45) is 4.99 Å². The van der Waals surface area contributed by atoms with E-state index in [9.17, 15) is 9.59 Å². The number of fused-ring (bicyclic) bond motifs is 1. The molecule has 0 aliphatic heterocycles. The maximum atomic E-state index is 11.8. The summed E-state index contributed by atoms with van der Waals surface area (Å²) in [4.78, 5) is 26.5. The van der Waals surface area contributed by atoms with Gasteiger partial charge in [0.1, 0.15) is 11.3 Å². The van der Waals surface area contributed by atoms with Crippen LogP contribution in [0.1, 0.15) is 11.1 Å². The lowest BCUT2D eigenvalue weighted by molar-refractivity contribution is -0.133. The van der Waals surface area contributed by atoms with Gasteiger partial charge in [0.15, 0.2) is 0 Å². The van der Waals surface area contributed by atoms with Crippen molar-refractivity contribution in [3.8, 4) is 0 Å². The molecule has 16 heavy (non-hydrogen) atoms. The molecule has 2 rings (SSSR count). The second kappa shape index (κ2) is 3.73. The van der Waals surface area contributed by atoms with Crippen molar-refractivity contribution in [2.75, 3.05) is 7.05 Å². The van der Waals surface area contributed by atoms with E-state index in [4.69, 9.17) is 5.11 Å². The molecule has 80 valence electrons. The van der Waals surface area contributed by atoms with Gasteiger partial charge >= 0.3 is 5.97 Å². The van der Waals surface area contributed by atoms with E-state index in [1.165, 1.54) is 13.1 Å². The van der Waals surface area contributed by atoms with Crippen LogP contribution in [0, 0.1) is 0 Å². The largest absolute Gasteiger partial charge is 0.478 e. The average molecular weight is 215 g/mol. The summed E-state index contributed by atoms with van der Waals surface area (Å²) in [6.45, 7) is 0. The third-order valence-corrected chi connectivity index (χ3v) is 2.43. The zero-order chi connectivity index (χ0) is 11.7. The number of carboxylic acids is 1. The predicted molar refractivity (Wildman–Crippen MR) is 59.5 cm³/mol. The number of aliphatic imine (C=N–C) groups is 1. The van der Waals surface area contributed by atoms with Gasteiger partial charge in [-0.15, -0.1) is 0 Å². The van der Waals surface area contributed by atoms with Crippen LogP contribution in [0.15, 0.2) is 34.8 Å². The molecule has 0 heterocycles. The summed E-state index contributed by atoms with van der Waals surface area (Å²) in [6.07, 6.45) is 1.38. The van der Waals surface area contributed by atoms with Crippen LogP contribution in [0.25, 0.3) is 6.08 Å². The van der Waals surface area contributed by atoms with E-state index < -0.39 is 11.8 Å². The van der Waals surface area contributed by atoms with Crippen molar-refractivity contribution in [1.82, 2.24) is 0 Å². The molecule has 0 amide bonds. The third kappa shape index (κ3) is 1.44. The normalized spacial score (nSPS) is 16.9. The highest BCUT2D eigenvalue weighted by atomic mass is 16.4. The van der Waals surface area contributed by atoms with E-state index in [1.807, 2.05) is 0 Å². The summed E-state index contributed by atoms with van der Waals surface area (Å²) in [7, 11) is 1.48. The smallest absolute Gasteiger partial charge is 0.339 e. The average Bonchev–Trinajstić information content (AvgIpc) is 2.28. The highest BCUT2D eigenvalue weighted by molar-refractivity contribution is 6.58. The lowest BCUT2D eigenvalue weighted by Crippen LogP contribution is -2.26. The van der Waals surface area contributed by atoms with E-state index in [2.05, 4.69) is 4.99 Å². The molecule has 1 aliphatic rings. The first-order valence-corrected chi connectivity index (χ1v) is 4.71. The molecule has 0 unspecified atom stereocenters. The maximum Gasteiger partial charge on any atom is 0.339 e. The first kappa shape index (κ1) is 10.3. The van der Waals surface area contributed by atoms with Gasteiger partial charge in [0.25, 0.3) is 0 Å². The number of carbonyl (C=O) groups excluding carboxylic acids is 1. The van der Waals surface area contributed by atoms with Gasteiger partial charge < -0.3 is 5.11 Å². The lowest BCUT2D eigenvalue weighted by atomic mass is 9.89. The second-order valence-corrected chi connectivity index (χ2v) is 3.35. The van der Waals surface area contributed by atoms with Crippen LogP contribution in [0.4, 0.5) is 0 Å². The van der Waals surface area contributed by atoms with Gasteiger partial charge in [0, 0.05) is 12.6 Å². The molecule has 0 bridgehead atoms. The first-order chi connectivity index (χ1) is 7.65. The third-order valence-electron chi connectivity index (χ3n) is 2.43. The topological polar surface area (TPSA) is 66.7 Å². The fourth-order valence-electron chi connectivity index (χ4n) is 1.69. The van der Waals surface area contributed by atoms with Gasteiger partial charge in [0.2, 0.25) is 5.78 Å². The highest BCUT2D eigenvalue weighted by Crippen LogP contribution is 2.22. The van der Waals surface area contributed by atoms with Crippen LogP contribution in [0.3, 0.4) is 0 Å². The van der Waals surface area contributed by atoms with Crippen molar-refractivity contribution in [1.29, 1.82) is 0 Å².